The molecule has 7 heteroatoms. The molecule has 20 heavy (non-hydrogen) atoms. The van der Waals surface area contributed by atoms with Crippen LogP contribution in [0.2, 0.25) is 10.3 Å². The molecule has 0 N–H and O–H groups in total. The molecule has 0 aliphatic rings. The summed E-state index contributed by atoms with van der Waals surface area (Å²) in [6.45, 7) is 5.07. The molecule has 0 amide bonds. The third-order valence-electron chi connectivity index (χ3n) is 3.36. The van der Waals surface area contributed by atoms with Crippen LogP contribution in [0.15, 0.2) is 16.9 Å². The number of nitrogens with zero attached hydrogens (tertiary/aromatic N) is 4. The van der Waals surface area contributed by atoms with Crippen LogP contribution in [0.5, 0.6) is 0 Å². The molecule has 104 valence electrons. The van der Waals surface area contributed by atoms with Crippen molar-refractivity contribution in [3.63, 3.8) is 0 Å². The Hall–Kier alpha value is -1.59. The molecule has 5 nitrogen and oxygen atoms in total. The van der Waals surface area contributed by atoms with E-state index in [1.807, 2.05) is 26.0 Å². The van der Waals surface area contributed by atoms with Gasteiger partial charge in [-0.2, -0.15) is 0 Å². The van der Waals surface area contributed by atoms with E-state index in [0.717, 1.165) is 11.0 Å². The number of halogens is 2. The minimum absolute atomic E-state index is 0.0301. The summed E-state index contributed by atoms with van der Waals surface area (Å²) in [5, 5.41) is 0.331. The van der Waals surface area contributed by atoms with E-state index in [4.69, 9.17) is 23.2 Å². The third kappa shape index (κ3) is 1.81. The van der Waals surface area contributed by atoms with Gasteiger partial charge in [-0.15, -0.1) is 0 Å². The van der Waals surface area contributed by atoms with Gasteiger partial charge in [0.2, 0.25) is 0 Å². The summed E-state index contributed by atoms with van der Waals surface area (Å²) < 4.78 is 3.42. The van der Waals surface area contributed by atoms with Crippen LogP contribution in [0.3, 0.4) is 0 Å². The summed E-state index contributed by atoms with van der Waals surface area (Å²) in [6, 6.07) is 3.66. The predicted octanol–water partition coefficient (Wildman–Crippen LogP) is 3.09. The SMILES string of the molecule is CCn1c(=O)n(CC)c2cc3nc(Cl)c(Cl)nc3cc21. The van der Waals surface area contributed by atoms with E-state index in [2.05, 4.69) is 9.97 Å². The zero-order valence-corrected chi connectivity index (χ0v) is 12.5. The Labute approximate surface area is 124 Å². The fourth-order valence-corrected chi connectivity index (χ4v) is 2.70. The Morgan fingerprint density at radius 3 is 1.70 bits per heavy atom. The van der Waals surface area contributed by atoms with E-state index in [-0.39, 0.29) is 16.0 Å². The lowest BCUT2D eigenvalue weighted by Crippen LogP contribution is -2.22. The largest absolute Gasteiger partial charge is 0.329 e. The standard InChI is InChI=1S/C13H12Cl2N4O/c1-3-18-9-5-7-8(17-12(15)11(14)16-7)6-10(9)19(4-2)13(18)20/h5-6H,3-4H2,1-2H3. The second-order valence-corrected chi connectivity index (χ2v) is 5.12. The second kappa shape index (κ2) is 4.75. The molecule has 1 aromatic carbocycles. The normalized spacial score (nSPS) is 11.6. The van der Waals surface area contributed by atoms with E-state index in [1.165, 1.54) is 0 Å². The first kappa shape index (κ1) is 13.4. The molecule has 2 heterocycles. The van der Waals surface area contributed by atoms with E-state index in [9.17, 15) is 4.79 Å². The molecule has 0 bridgehead atoms. The topological polar surface area (TPSA) is 52.7 Å². The number of rotatable bonds is 2. The van der Waals surface area contributed by atoms with Crippen molar-refractivity contribution in [1.29, 1.82) is 0 Å². The van der Waals surface area contributed by atoms with E-state index >= 15 is 0 Å². The van der Waals surface area contributed by atoms with Crippen LogP contribution in [0.1, 0.15) is 13.8 Å². The van der Waals surface area contributed by atoms with Crippen LogP contribution in [0, 0.1) is 0 Å². The summed E-state index contributed by atoms with van der Waals surface area (Å²) >= 11 is 11.8. The van der Waals surface area contributed by atoms with E-state index in [1.54, 1.807) is 9.13 Å². The summed E-state index contributed by atoms with van der Waals surface area (Å²) in [5.74, 6) is 0. The van der Waals surface area contributed by atoms with Gasteiger partial charge in [0.25, 0.3) is 0 Å². The Kier molecular flexibility index (Phi) is 3.18. The monoisotopic (exact) mass is 310 g/mol. The average Bonchev–Trinajstić information content (AvgIpc) is 2.68. The molecule has 0 fully saturated rings. The van der Waals surface area contributed by atoms with Crippen LogP contribution in [-0.2, 0) is 13.1 Å². The van der Waals surface area contributed by atoms with Crippen molar-refractivity contribution in [2.75, 3.05) is 0 Å². The first-order chi connectivity index (χ1) is 9.56. The molecule has 0 saturated carbocycles. The van der Waals surface area contributed by atoms with Gasteiger partial charge in [-0.1, -0.05) is 23.2 Å². The lowest BCUT2D eigenvalue weighted by atomic mass is 10.2. The fraction of sp³-hybridized carbons (Fsp3) is 0.308. The summed E-state index contributed by atoms with van der Waals surface area (Å²) in [5.41, 5.74) is 2.89. The predicted molar refractivity (Wildman–Crippen MR) is 80.7 cm³/mol. The minimum Gasteiger partial charge on any atom is -0.292 e. The van der Waals surface area contributed by atoms with Gasteiger partial charge < -0.3 is 0 Å². The van der Waals surface area contributed by atoms with Crippen LogP contribution in [-0.4, -0.2) is 19.1 Å². The number of hydrogen-bond donors (Lipinski definition) is 0. The van der Waals surface area contributed by atoms with Gasteiger partial charge in [-0.05, 0) is 26.0 Å². The van der Waals surface area contributed by atoms with Crippen LogP contribution >= 0.6 is 23.2 Å². The zero-order valence-electron chi connectivity index (χ0n) is 11.0. The highest BCUT2D eigenvalue weighted by molar-refractivity contribution is 6.40. The van der Waals surface area contributed by atoms with Crippen molar-refractivity contribution in [3.05, 3.63) is 32.9 Å². The van der Waals surface area contributed by atoms with Crippen molar-refractivity contribution < 1.29 is 0 Å². The van der Waals surface area contributed by atoms with Gasteiger partial charge in [0.1, 0.15) is 0 Å². The molecule has 0 saturated heterocycles. The van der Waals surface area contributed by atoms with Crippen molar-refractivity contribution in [1.82, 2.24) is 19.1 Å². The van der Waals surface area contributed by atoms with Gasteiger partial charge in [-0.25, -0.2) is 14.8 Å². The molecule has 3 rings (SSSR count). The summed E-state index contributed by atoms with van der Waals surface area (Å²) in [6.07, 6.45) is 0. The zero-order chi connectivity index (χ0) is 14.4. The van der Waals surface area contributed by atoms with Gasteiger partial charge in [-0.3, -0.25) is 9.13 Å². The second-order valence-electron chi connectivity index (χ2n) is 4.41. The summed E-state index contributed by atoms with van der Waals surface area (Å²) in [7, 11) is 0. The van der Waals surface area contributed by atoms with Gasteiger partial charge in [0.15, 0.2) is 10.3 Å². The van der Waals surface area contributed by atoms with Crippen molar-refractivity contribution in [2.24, 2.45) is 0 Å². The smallest absolute Gasteiger partial charge is 0.292 e. The maximum absolute atomic E-state index is 12.3. The summed E-state index contributed by atoms with van der Waals surface area (Å²) in [4.78, 5) is 20.7. The van der Waals surface area contributed by atoms with Crippen molar-refractivity contribution in [3.8, 4) is 0 Å². The molecule has 0 unspecified atom stereocenters. The molecule has 0 atom stereocenters. The van der Waals surface area contributed by atoms with Crippen LogP contribution < -0.4 is 5.69 Å². The number of benzene rings is 1. The molecule has 0 aliphatic carbocycles. The third-order valence-corrected chi connectivity index (χ3v) is 3.98. The number of fused-ring (bicyclic) bond motifs is 2. The van der Waals surface area contributed by atoms with E-state index in [0.29, 0.717) is 24.1 Å². The molecule has 0 spiro atoms. The molecule has 3 aromatic rings. The maximum atomic E-state index is 12.3. The molecule has 0 aliphatic heterocycles. The van der Waals surface area contributed by atoms with Gasteiger partial charge >= 0.3 is 5.69 Å². The van der Waals surface area contributed by atoms with Crippen molar-refractivity contribution in [2.45, 2.75) is 26.9 Å². The number of imidazole rings is 1. The maximum Gasteiger partial charge on any atom is 0.329 e. The van der Waals surface area contributed by atoms with Crippen LogP contribution in [0.4, 0.5) is 0 Å². The molecule has 0 radical (unpaired) electrons. The Morgan fingerprint density at radius 2 is 1.35 bits per heavy atom. The molecule has 2 aromatic heterocycles. The fourth-order valence-electron chi connectivity index (χ4n) is 2.43. The lowest BCUT2D eigenvalue weighted by Gasteiger charge is -2.02. The Balaban J connectivity index is 2.50. The quantitative estimate of drug-likeness (QED) is 0.731. The van der Waals surface area contributed by atoms with E-state index < -0.39 is 0 Å². The van der Waals surface area contributed by atoms with Crippen molar-refractivity contribution >= 4 is 45.3 Å². The first-order valence-electron chi connectivity index (χ1n) is 6.32. The highest BCUT2D eigenvalue weighted by atomic mass is 35.5. The molecular weight excluding hydrogens is 299 g/mol. The first-order valence-corrected chi connectivity index (χ1v) is 7.08. The number of hydrogen-bond acceptors (Lipinski definition) is 3. The highest BCUT2D eigenvalue weighted by Crippen LogP contribution is 2.25. The highest BCUT2D eigenvalue weighted by Gasteiger charge is 2.14. The number of aryl methyl sites for hydroxylation is 2. The Bertz CT molecular complexity index is 812. The van der Waals surface area contributed by atoms with Crippen LogP contribution in [0.25, 0.3) is 22.1 Å². The van der Waals surface area contributed by atoms with Gasteiger partial charge in [0.05, 0.1) is 22.1 Å². The Morgan fingerprint density at radius 1 is 0.950 bits per heavy atom. The van der Waals surface area contributed by atoms with Gasteiger partial charge in [0, 0.05) is 13.1 Å². The minimum atomic E-state index is -0.0301. The molecular formula is C13H12Cl2N4O. The average molecular weight is 311 g/mol. The number of aromatic nitrogens is 4. The lowest BCUT2D eigenvalue weighted by molar-refractivity contribution is 0.671.